The van der Waals surface area contributed by atoms with E-state index in [1.165, 1.54) is 11.6 Å². The number of carbonyl (C=O) groups excluding carboxylic acids is 2. The highest BCUT2D eigenvalue weighted by Crippen LogP contribution is 2.11. The Balaban J connectivity index is 3.31. The molecular weight excluding hydrogens is 222 g/mol. The van der Waals surface area contributed by atoms with E-state index < -0.39 is 21.7 Å². The van der Waals surface area contributed by atoms with Crippen molar-refractivity contribution in [3.63, 3.8) is 0 Å². The van der Waals surface area contributed by atoms with Gasteiger partial charge in [0.25, 0.3) is 11.7 Å². The van der Waals surface area contributed by atoms with E-state index in [0.717, 1.165) is 12.3 Å². The first kappa shape index (κ1) is 11.4. The smallest absolute Gasteiger partial charge is 0.291 e. The lowest BCUT2D eigenvalue weighted by Crippen LogP contribution is -2.24. The Bertz CT molecular complexity index is 528. The van der Waals surface area contributed by atoms with E-state index in [-0.39, 0.29) is 10.6 Å². The van der Waals surface area contributed by atoms with Crippen LogP contribution < -0.4 is 10.9 Å². The number of Topliss-reactive ketones (excluding diaryl/α,β-unsaturated/α-hetero) is 1. The molecule has 1 aromatic rings. The maximum absolute atomic E-state index is 11.2. The zero-order valence-electron chi connectivity index (χ0n) is 7.80. The number of nitrogens with two attached hydrogens (primary N) is 2. The van der Waals surface area contributed by atoms with Gasteiger partial charge in [-0.25, -0.2) is 13.6 Å². The van der Waals surface area contributed by atoms with Gasteiger partial charge < -0.3 is 10.3 Å². The maximum atomic E-state index is 11.2. The van der Waals surface area contributed by atoms with Gasteiger partial charge in [0.1, 0.15) is 4.90 Å². The fourth-order valence-electron chi connectivity index (χ4n) is 1.04. The second-order valence-electron chi connectivity index (χ2n) is 2.91. The van der Waals surface area contributed by atoms with Crippen molar-refractivity contribution in [3.05, 3.63) is 18.0 Å². The van der Waals surface area contributed by atoms with Gasteiger partial charge in [-0.2, -0.15) is 0 Å². The van der Waals surface area contributed by atoms with Crippen LogP contribution in [0.25, 0.3) is 0 Å². The zero-order chi connectivity index (χ0) is 11.8. The number of aromatic nitrogens is 1. The number of primary sulfonamides is 1. The van der Waals surface area contributed by atoms with Gasteiger partial charge in [-0.3, -0.25) is 9.59 Å². The average Bonchev–Trinajstić information content (AvgIpc) is 2.45. The number of sulfonamides is 1. The Morgan fingerprint density at radius 3 is 2.27 bits per heavy atom. The van der Waals surface area contributed by atoms with Crippen LogP contribution in [-0.2, 0) is 21.9 Å². The summed E-state index contributed by atoms with van der Waals surface area (Å²) in [5, 5.41) is 4.85. The van der Waals surface area contributed by atoms with Crippen molar-refractivity contribution >= 4 is 21.7 Å². The van der Waals surface area contributed by atoms with Gasteiger partial charge in [0, 0.05) is 13.2 Å². The van der Waals surface area contributed by atoms with Gasteiger partial charge in [-0.05, 0) is 6.07 Å². The van der Waals surface area contributed by atoms with Crippen molar-refractivity contribution in [2.24, 2.45) is 17.9 Å². The molecule has 0 aliphatic heterocycles. The number of amides is 1. The Hall–Kier alpha value is -1.67. The minimum atomic E-state index is -3.89. The van der Waals surface area contributed by atoms with Gasteiger partial charge in [0.2, 0.25) is 10.0 Å². The molecule has 0 bridgehead atoms. The number of nitrogens with zero attached hydrogens (tertiary/aromatic N) is 1. The molecule has 4 N–H and O–H groups in total. The van der Waals surface area contributed by atoms with E-state index in [9.17, 15) is 18.0 Å². The van der Waals surface area contributed by atoms with Crippen LogP contribution in [0.4, 0.5) is 0 Å². The number of ketones is 1. The average molecular weight is 231 g/mol. The third-order valence-corrected chi connectivity index (χ3v) is 2.65. The highest BCUT2D eigenvalue weighted by molar-refractivity contribution is 7.89. The van der Waals surface area contributed by atoms with Gasteiger partial charge >= 0.3 is 0 Å². The summed E-state index contributed by atoms with van der Waals surface area (Å²) in [6.45, 7) is 0. The van der Waals surface area contributed by atoms with Gasteiger partial charge in [0.05, 0.1) is 5.69 Å². The molecule has 0 aliphatic carbocycles. The van der Waals surface area contributed by atoms with Gasteiger partial charge in [0.15, 0.2) is 0 Å². The molecule has 0 radical (unpaired) electrons. The Morgan fingerprint density at radius 1 is 1.40 bits per heavy atom. The zero-order valence-corrected chi connectivity index (χ0v) is 8.61. The number of aryl methyl sites for hydroxylation is 1. The molecule has 1 amide bonds. The predicted octanol–water partition coefficient (Wildman–Crippen LogP) is -1.66. The van der Waals surface area contributed by atoms with Crippen molar-refractivity contribution in [1.29, 1.82) is 0 Å². The Morgan fingerprint density at radius 2 is 1.93 bits per heavy atom. The summed E-state index contributed by atoms with van der Waals surface area (Å²) in [5.41, 5.74) is 4.65. The molecule has 15 heavy (non-hydrogen) atoms. The van der Waals surface area contributed by atoms with Crippen LogP contribution in [0.5, 0.6) is 0 Å². The fraction of sp³-hybridized carbons (Fsp3) is 0.143. The third-order valence-electron chi connectivity index (χ3n) is 1.76. The van der Waals surface area contributed by atoms with E-state index in [0.29, 0.717) is 0 Å². The molecule has 0 saturated heterocycles. The first-order valence-electron chi connectivity index (χ1n) is 3.77. The maximum Gasteiger partial charge on any atom is 0.291 e. The summed E-state index contributed by atoms with van der Waals surface area (Å²) in [5.74, 6) is -2.12. The van der Waals surface area contributed by atoms with Crippen molar-refractivity contribution < 1.29 is 18.0 Å². The summed E-state index contributed by atoms with van der Waals surface area (Å²) < 4.78 is 23.0. The van der Waals surface area contributed by atoms with Crippen molar-refractivity contribution in [3.8, 4) is 0 Å². The number of primary amides is 1. The Kier molecular flexibility index (Phi) is 2.65. The lowest BCUT2D eigenvalue weighted by molar-refractivity contribution is -0.114. The van der Waals surface area contributed by atoms with Gasteiger partial charge in [-0.15, -0.1) is 0 Å². The molecule has 0 fully saturated rings. The second-order valence-corrected chi connectivity index (χ2v) is 4.47. The van der Waals surface area contributed by atoms with Crippen LogP contribution in [0.1, 0.15) is 10.5 Å². The van der Waals surface area contributed by atoms with Crippen molar-refractivity contribution in [2.45, 2.75) is 4.90 Å². The first-order chi connectivity index (χ1) is 6.73. The van der Waals surface area contributed by atoms with E-state index in [2.05, 4.69) is 0 Å². The van der Waals surface area contributed by atoms with Crippen LogP contribution in [-0.4, -0.2) is 24.7 Å². The Labute approximate surface area is 85.7 Å². The molecule has 1 heterocycles. The predicted molar refractivity (Wildman–Crippen MR) is 50.3 cm³/mol. The summed E-state index contributed by atoms with van der Waals surface area (Å²) >= 11 is 0. The topological polar surface area (TPSA) is 125 Å². The molecule has 0 saturated carbocycles. The number of hydrogen-bond donors (Lipinski definition) is 2. The molecule has 0 aromatic carbocycles. The number of hydrogen-bond acceptors (Lipinski definition) is 4. The quantitative estimate of drug-likeness (QED) is 0.477. The molecular formula is C7H9N3O4S. The van der Waals surface area contributed by atoms with Crippen molar-refractivity contribution in [1.82, 2.24) is 4.57 Å². The molecule has 8 heteroatoms. The van der Waals surface area contributed by atoms with E-state index in [1.54, 1.807) is 0 Å². The molecule has 82 valence electrons. The summed E-state index contributed by atoms with van der Waals surface area (Å²) in [6.07, 6.45) is 1.13. The largest absolute Gasteiger partial charge is 0.363 e. The standard InChI is InChI=1S/C7H9N3O4S/c1-10-3-4(15(9,13)14)2-5(10)6(11)7(8)12/h2-3H,1H3,(H2,8,12)(H2,9,13,14). The fourth-order valence-corrected chi connectivity index (χ4v) is 1.62. The molecule has 1 aromatic heterocycles. The van der Waals surface area contributed by atoms with Crippen LogP contribution in [0.2, 0.25) is 0 Å². The summed E-state index contributed by atoms with van der Waals surface area (Å²) in [6, 6.07) is 1.00. The van der Waals surface area contributed by atoms with E-state index in [4.69, 9.17) is 10.9 Å². The summed E-state index contributed by atoms with van der Waals surface area (Å²) in [4.78, 5) is 21.5. The third kappa shape index (κ3) is 2.22. The van der Waals surface area contributed by atoms with E-state index >= 15 is 0 Å². The van der Waals surface area contributed by atoms with Crippen molar-refractivity contribution in [2.75, 3.05) is 0 Å². The van der Waals surface area contributed by atoms with Crippen LogP contribution >= 0.6 is 0 Å². The number of rotatable bonds is 3. The van der Waals surface area contributed by atoms with Gasteiger partial charge in [-0.1, -0.05) is 0 Å². The highest BCUT2D eigenvalue weighted by Gasteiger charge is 2.20. The molecule has 0 aliphatic rings. The van der Waals surface area contributed by atoms with Crippen LogP contribution in [0.3, 0.4) is 0 Å². The normalized spacial score (nSPS) is 11.3. The number of carbonyl (C=O) groups is 2. The summed E-state index contributed by atoms with van der Waals surface area (Å²) in [7, 11) is -2.48. The van der Waals surface area contributed by atoms with E-state index in [1.807, 2.05) is 0 Å². The lowest BCUT2D eigenvalue weighted by atomic mass is 10.3. The monoisotopic (exact) mass is 231 g/mol. The highest BCUT2D eigenvalue weighted by atomic mass is 32.2. The molecule has 0 unspecified atom stereocenters. The van der Waals surface area contributed by atoms with Crippen LogP contribution in [0, 0.1) is 0 Å². The molecule has 0 atom stereocenters. The lowest BCUT2D eigenvalue weighted by Gasteiger charge is -1.96. The second kappa shape index (κ2) is 3.48. The van der Waals surface area contributed by atoms with Crippen LogP contribution in [0.15, 0.2) is 17.2 Å². The first-order valence-corrected chi connectivity index (χ1v) is 5.31. The minimum absolute atomic E-state index is 0.119. The molecule has 7 nitrogen and oxygen atoms in total. The molecule has 1 rings (SSSR count). The molecule has 0 spiro atoms. The minimum Gasteiger partial charge on any atom is -0.363 e. The SMILES string of the molecule is Cn1cc(S(N)(=O)=O)cc1C(=O)C(N)=O.